The van der Waals surface area contributed by atoms with Gasteiger partial charge in [-0.05, 0) is 24.8 Å². The number of nitrogens with one attached hydrogen (secondary N) is 1. The van der Waals surface area contributed by atoms with Crippen LogP contribution in [0.25, 0.3) is 0 Å². The third-order valence-corrected chi connectivity index (χ3v) is 1.92. The number of rotatable bonds is 4. The number of hydrogen-bond acceptors (Lipinski definition) is 1. The predicted molar refractivity (Wildman–Crippen MR) is 55.1 cm³/mol. The van der Waals surface area contributed by atoms with Crippen LogP contribution in [0.15, 0.2) is 30.3 Å². The molecule has 0 amide bonds. The lowest BCUT2D eigenvalue weighted by Crippen LogP contribution is -1.95. The Bertz CT molecular complexity index is 243. The van der Waals surface area contributed by atoms with Gasteiger partial charge in [-0.25, -0.2) is 0 Å². The zero-order chi connectivity index (χ0) is 8.81. The summed E-state index contributed by atoms with van der Waals surface area (Å²) in [5, 5.41) is 0. The molecule has 0 saturated heterocycles. The second kappa shape index (κ2) is 4.88. The molecule has 12 heavy (non-hydrogen) atoms. The highest BCUT2D eigenvalue weighted by atomic mass is 32.1. The molecular formula is C10H12NS. The van der Waals surface area contributed by atoms with E-state index in [-0.39, 0.29) is 0 Å². The van der Waals surface area contributed by atoms with Crippen LogP contribution in [0.2, 0.25) is 0 Å². The first-order valence-electron chi connectivity index (χ1n) is 4.07. The highest BCUT2D eigenvalue weighted by molar-refractivity contribution is 7.80. The summed E-state index contributed by atoms with van der Waals surface area (Å²) in [6.07, 6.45) is 2.76. The van der Waals surface area contributed by atoms with Gasteiger partial charge in [-0.3, -0.25) is 5.73 Å². The molecule has 2 heteroatoms. The SMILES string of the molecule is [NH]C(=S)CCCc1ccccc1. The Hall–Kier alpha value is -0.890. The van der Waals surface area contributed by atoms with E-state index >= 15 is 0 Å². The quantitative estimate of drug-likeness (QED) is 0.650. The van der Waals surface area contributed by atoms with Crippen LogP contribution >= 0.6 is 12.2 Å². The number of aryl methyl sites for hydroxylation is 1. The van der Waals surface area contributed by atoms with Gasteiger partial charge >= 0.3 is 0 Å². The Labute approximate surface area is 78.6 Å². The van der Waals surface area contributed by atoms with Crippen molar-refractivity contribution < 1.29 is 0 Å². The minimum Gasteiger partial charge on any atom is -0.294 e. The molecule has 1 rings (SSSR count). The summed E-state index contributed by atoms with van der Waals surface area (Å²) in [6, 6.07) is 10.3. The Morgan fingerprint density at radius 2 is 1.92 bits per heavy atom. The predicted octanol–water partition coefficient (Wildman–Crippen LogP) is 2.62. The normalized spacial score (nSPS) is 9.67. The van der Waals surface area contributed by atoms with Gasteiger partial charge in [-0.2, -0.15) is 0 Å². The molecule has 0 aliphatic carbocycles. The van der Waals surface area contributed by atoms with Crippen LogP contribution in [0.5, 0.6) is 0 Å². The molecule has 0 aliphatic rings. The molecule has 0 fully saturated rings. The van der Waals surface area contributed by atoms with Gasteiger partial charge in [-0.15, -0.1) is 0 Å². The summed E-state index contributed by atoms with van der Waals surface area (Å²) in [7, 11) is 0. The molecule has 1 aromatic rings. The summed E-state index contributed by atoms with van der Waals surface area (Å²) in [4.78, 5) is 0.367. The zero-order valence-electron chi connectivity index (χ0n) is 6.92. The fourth-order valence-electron chi connectivity index (χ4n) is 1.10. The van der Waals surface area contributed by atoms with E-state index in [2.05, 4.69) is 24.4 Å². The maximum atomic E-state index is 7.07. The van der Waals surface area contributed by atoms with Crippen molar-refractivity contribution >= 4 is 17.2 Å². The summed E-state index contributed by atoms with van der Waals surface area (Å²) in [6.45, 7) is 0. The van der Waals surface area contributed by atoms with Crippen molar-refractivity contribution in [3.05, 3.63) is 35.9 Å². The van der Waals surface area contributed by atoms with Gasteiger partial charge in [0, 0.05) is 0 Å². The minimum atomic E-state index is 0.367. The Morgan fingerprint density at radius 1 is 1.25 bits per heavy atom. The molecule has 0 spiro atoms. The molecule has 0 aliphatic heterocycles. The van der Waals surface area contributed by atoms with Gasteiger partial charge in [0.1, 0.15) is 0 Å². The third kappa shape index (κ3) is 3.49. The van der Waals surface area contributed by atoms with Gasteiger partial charge in [0.15, 0.2) is 0 Å². The topological polar surface area (TPSA) is 23.8 Å². The van der Waals surface area contributed by atoms with Crippen molar-refractivity contribution in [1.29, 1.82) is 0 Å². The van der Waals surface area contributed by atoms with E-state index in [1.54, 1.807) is 0 Å². The highest BCUT2D eigenvalue weighted by Crippen LogP contribution is 2.04. The van der Waals surface area contributed by atoms with E-state index in [4.69, 9.17) is 5.73 Å². The van der Waals surface area contributed by atoms with Crippen LogP contribution < -0.4 is 5.73 Å². The van der Waals surface area contributed by atoms with Crippen molar-refractivity contribution in [2.45, 2.75) is 19.3 Å². The first-order chi connectivity index (χ1) is 5.79. The van der Waals surface area contributed by atoms with E-state index in [0.717, 1.165) is 19.3 Å². The van der Waals surface area contributed by atoms with E-state index in [1.807, 2.05) is 18.2 Å². The molecule has 0 aromatic heterocycles. The highest BCUT2D eigenvalue weighted by Gasteiger charge is 1.93. The molecule has 1 radical (unpaired) electrons. The number of thiocarbonyl (C=S) groups is 1. The molecule has 1 N–H and O–H groups in total. The van der Waals surface area contributed by atoms with E-state index in [0.29, 0.717) is 4.99 Å². The Balaban J connectivity index is 2.29. The summed E-state index contributed by atoms with van der Waals surface area (Å²) >= 11 is 4.68. The van der Waals surface area contributed by atoms with E-state index in [9.17, 15) is 0 Å². The lowest BCUT2D eigenvalue weighted by Gasteiger charge is -1.98. The van der Waals surface area contributed by atoms with Gasteiger partial charge in [0.2, 0.25) is 0 Å². The molecule has 0 saturated carbocycles. The van der Waals surface area contributed by atoms with E-state index < -0.39 is 0 Å². The van der Waals surface area contributed by atoms with Gasteiger partial charge < -0.3 is 0 Å². The number of hydrogen-bond donors (Lipinski definition) is 0. The molecule has 1 nitrogen and oxygen atoms in total. The maximum absolute atomic E-state index is 7.07. The average Bonchev–Trinajstić information content (AvgIpc) is 2.05. The largest absolute Gasteiger partial charge is 0.294 e. The van der Waals surface area contributed by atoms with E-state index in [1.165, 1.54) is 5.56 Å². The first-order valence-corrected chi connectivity index (χ1v) is 4.48. The first kappa shape index (κ1) is 9.20. The van der Waals surface area contributed by atoms with Gasteiger partial charge in [0.25, 0.3) is 0 Å². The van der Waals surface area contributed by atoms with Crippen LogP contribution in [0, 0.1) is 0 Å². The Morgan fingerprint density at radius 3 is 2.50 bits per heavy atom. The van der Waals surface area contributed by atoms with Crippen LogP contribution in [0.1, 0.15) is 18.4 Å². The molecular weight excluding hydrogens is 166 g/mol. The summed E-state index contributed by atoms with van der Waals surface area (Å²) < 4.78 is 0. The molecule has 0 atom stereocenters. The molecule has 0 unspecified atom stereocenters. The van der Waals surface area contributed by atoms with Crippen LogP contribution in [0.3, 0.4) is 0 Å². The van der Waals surface area contributed by atoms with Crippen molar-refractivity contribution in [2.75, 3.05) is 0 Å². The summed E-state index contributed by atoms with van der Waals surface area (Å²) in [5.74, 6) is 0. The summed E-state index contributed by atoms with van der Waals surface area (Å²) in [5.41, 5.74) is 8.40. The average molecular weight is 178 g/mol. The van der Waals surface area contributed by atoms with Crippen molar-refractivity contribution in [3.8, 4) is 0 Å². The lowest BCUT2D eigenvalue weighted by molar-refractivity contribution is 0.866. The second-order valence-corrected chi connectivity index (χ2v) is 3.26. The maximum Gasteiger partial charge on any atom is 0.0940 e. The number of benzene rings is 1. The fourth-order valence-corrected chi connectivity index (χ4v) is 1.24. The molecule has 0 bridgehead atoms. The van der Waals surface area contributed by atoms with Crippen LogP contribution in [-0.4, -0.2) is 4.99 Å². The lowest BCUT2D eigenvalue weighted by atomic mass is 10.1. The third-order valence-electron chi connectivity index (χ3n) is 1.71. The van der Waals surface area contributed by atoms with Crippen LogP contribution in [-0.2, 0) is 6.42 Å². The second-order valence-electron chi connectivity index (χ2n) is 2.76. The standard InChI is InChI=1S/C10H12NS/c11-10(12)8-4-7-9-5-2-1-3-6-9/h1-3,5-6,11H,4,7-8H2. The molecule has 0 heterocycles. The smallest absolute Gasteiger partial charge is 0.0940 e. The minimum absolute atomic E-state index is 0.367. The van der Waals surface area contributed by atoms with Crippen LogP contribution in [0.4, 0.5) is 0 Å². The van der Waals surface area contributed by atoms with Gasteiger partial charge in [0.05, 0.1) is 4.99 Å². The van der Waals surface area contributed by atoms with Crippen molar-refractivity contribution in [3.63, 3.8) is 0 Å². The van der Waals surface area contributed by atoms with Crippen molar-refractivity contribution in [2.24, 2.45) is 0 Å². The van der Waals surface area contributed by atoms with Crippen molar-refractivity contribution in [1.82, 2.24) is 5.73 Å². The monoisotopic (exact) mass is 178 g/mol. The zero-order valence-corrected chi connectivity index (χ0v) is 7.73. The molecule has 63 valence electrons. The Kier molecular flexibility index (Phi) is 3.74. The molecule has 1 aromatic carbocycles. The fraction of sp³-hybridized carbons (Fsp3) is 0.300. The van der Waals surface area contributed by atoms with Gasteiger partial charge in [-0.1, -0.05) is 42.5 Å².